The van der Waals surface area contributed by atoms with Gasteiger partial charge in [0.2, 0.25) is 0 Å². The summed E-state index contributed by atoms with van der Waals surface area (Å²) < 4.78 is 5.94. The number of carbonyl (C=O) groups is 1. The minimum Gasteiger partial charge on any atom is -0.481 e. The molecule has 128 valence electrons. The second-order valence-electron chi connectivity index (χ2n) is 7.05. The van der Waals surface area contributed by atoms with Gasteiger partial charge >= 0.3 is 0 Å². The summed E-state index contributed by atoms with van der Waals surface area (Å²) in [7, 11) is 0. The Balaban J connectivity index is 2.06. The van der Waals surface area contributed by atoms with Gasteiger partial charge in [0.15, 0.2) is 6.10 Å². The van der Waals surface area contributed by atoms with Crippen LogP contribution in [0.4, 0.5) is 5.69 Å². The van der Waals surface area contributed by atoms with E-state index in [0.29, 0.717) is 0 Å². The number of hydrogen-bond donors (Lipinski definition) is 1. The molecule has 0 fully saturated rings. The van der Waals surface area contributed by atoms with Crippen molar-refractivity contribution in [2.24, 2.45) is 0 Å². The standard InChI is InChI=1S/C21H27NO2/c1-6-16-11-13-17(14-12-16)22-20(23)15(2)24-19-10-8-7-9-18(19)21(3,4)5/h7-15H,6H2,1-5H3,(H,22,23). The molecule has 1 unspecified atom stereocenters. The number of carbonyl (C=O) groups excluding carboxylic acids is 1. The number of benzene rings is 2. The van der Waals surface area contributed by atoms with E-state index in [0.717, 1.165) is 23.4 Å². The Morgan fingerprint density at radius 3 is 2.29 bits per heavy atom. The van der Waals surface area contributed by atoms with Gasteiger partial charge in [-0.15, -0.1) is 0 Å². The van der Waals surface area contributed by atoms with E-state index >= 15 is 0 Å². The Morgan fingerprint density at radius 2 is 1.71 bits per heavy atom. The van der Waals surface area contributed by atoms with Gasteiger partial charge in [0.05, 0.1) is 0 Å². The number of amides is 1. The fraction of sp³-hybridized carbons (Fsp3) is 0.381. The molecule has 2 aromatic rings. The number of para-hydroxylation sites is 1. The van der Waals surface area contributed by atoms with E-state index in [-0.39, 0.29) is 11.3 Å². The first-order chi connectivity index (χ1) is 11.3. The summed E-state index contributed by atoms with van der Waals surface area (Å²) >= 11 is 0. The van der Waals surface area contributed by atoms with Crippen molar-refractivity contribution in [3.63, 3.8) is 0 Å². The highest BCUT2D eigenvalue weighted by Gasteiger charge is 2.22. The van der Waals surface area contributed by atoms with Gasteiger partial charge in [0, 0.05) is 5.69 Å². The molecule has 0 heterocycles. The van der Waals surface area contributed by atoms with E-state index in [4.69, 9.17) is 4.74 Å². The Labute approximate surface area is 145 Å². The molecule has 0 aliphatic carbocycles. The van der Waals surface area contributed by atoms with Crippen molar-refractivity contribution in [3.05, 3.63) is 59.7 Å². The number of nitrogens with one attached hydrogen (secondary N) is 1. The van der Waals surface area contributed by atoms with Gasteiger partial charge in [-0.05, 0) is 48.1 Å². The molecule has 1 atom stereocenters. The average Bonchev–Trinajstić information content (AvgIpc) is 2.55. The molecular formula is C21H27NO2. The summed E-state index contributed by atoms with van der Waals surface area (Å²) in [5, 5.41) is 2.91. The molecule has 1 N–H and O–H groups in total. The Hall–Kier alpha value is -2.29. The lowest BCUT2D eigenvalue weighted by Crippen LogP contribution is -2.31. The zero-order valence-electron chi connectivity index (χ0n) is 15.2. The van der Waals surface area contributed by atoms with Crippen LogP contribution in [0.25, 0.3) is 0 Å². The van der Waals surface area contributed by atoms with Crippen LogP contribution in [0, 0.1) is 0 Å². The minimum absolute atomic E-state index is 0.0389. The smallest absolute Gasteiger partial charge is 0.265 e. The van der Waals surface area contributed by atoms with Crippen LogP contribution in [0.1, 0.15) is 45.7 Å². The molecule has 0 spiro atoms. The number of rotatable bonds is 5. The van der Waals surface area contributed by atoms with Crippen molar-refractivity contribution in [2.75, 3.05) is 5.32 Å². The highest BCUT2D eigenvalue weighted by Crippen LogP contribution is 2.31. The first kappa shape index (κ1) is 18.1. The van der Waals surface area contributed by atoms with Gasteiger partial charge in [-0.25, -0.2) is 0 Å². The van der Waals surface area contributed by atoms with Gasteiger partial charge in [0.25, 0.3) is 5.91 Å². The molecule has 0 saturated heterocycles. The molecule has 3 nitrogen and oxygen atoms in total. The van der Waals surface area contributed by atoms with E-state index in [1.165, 1.54) is 5.56 Å². The molecule has 0 saturated carbocycles. The highest BCUT2D eigenvalue weighted by atomic mass is 16.5. The van der Waals surface area contributed by atoms with Crippen LogP contribution < -0.4 is 10.1 Å². The normalized spacial score (nSPS) is 12.5. The summed E-state index contributed by atoms with van der Waals surface area (Å²) in [5.41, 5.74) is 3.09. The van der Waals surface area contributed by atoms with Crippen LogP contribution in [0.2, 0.25) is 0 Å². The zero-order chi connectivity index (χ0) is 17.7. The lowest BCUT2D eigenvalue weighted by Gasteiger charge is -2.24. The van der Waals surface area contributed by atoms with Crippen molar-refractivity contribution in [3.8, 4) is 5.75 Å². The predicted molar refractivity (Wildman–Crippen MR) is 99.7 cm³/mol. The Bertz CT molecular complexity index is 684. The van der Waals surface area contributed by atoms with E-state index < -0.39 is 6.10 Å². The first-order valence-corrected chi connectivity index (χ1v) is 8.47. The first-order valence-electron chi connectivity index (χ1n) is 8.47. The predicted octanol–water partition coefficient (Wildman–Crippen LogP) is 4.95. The quantitative estimate of drug-likeness (QED) is 0.844. The van der Waals surface area contributed by atoms with E-state index in [9.17, 15) is 4.79 Å². The highest BCUT2D eigenvalue weighted by molar-refractivity contribution is 5.94. The molecule has 2 aromatic carbocycles. The number of aryl methyl sites for hydroxylation is 1. The average molecular weight is 325 g/mol. The van der Waals surface area contributed by atoms with Crippen LogP contribution in [0.5, 0.6) is 5.75 Å². The second kappa shape index (κ2) is 7.52. The third-order valence-corrected chi connectivity index (χ3v) is 4.00. The summed E-state index contributed by atoms with van der Waals surface area (Å²) in [6.07, 6.45) is 0.413. The van der Waals surface area contributed by atoms with Crippen molar-refractivity contribution in [2.45, 2.75) is 52.6 Å². The third-order valence-electron chi connectivity index (χ3n) is 4.00. The summed E-state index contributed by atoms with van der Waals surface area (Å²) in [6, 6.07) is 15.8. The molecule has 3 heteroatoms. The molecule has 1 amide bonds. The Morgan fingerprint density at radius 1 is 1.08 bits per heavy atom. The Kier molecular flexibility index (Phi) is 5.66. The maximum atomic E-state index is 12.4. The minimum atomic E-state index is -0.570. The number of hydrogen-bond acceptors (Lipinski definition) is 2. The largest absolute Gasteiger partial charge is 0.481 e. The van der Waals surface area contributed by atoms with Gasteiger partial charge in [-0.3, -0.25) is 4.79 Å². The van der Waals surface area contributed by atoms with Gasteiger partial charge < -0.3 is 10.1 Å². The molecule has 24 heavy (non-hydrogen) atoms. The van der Waals surface area contributed by atoms with Gasteiger partial charge in [-0.2, -0.15) is 0 Å². The van der Waals surface area contributed by atoms with Gasteiger partial charge in [0.1, 0.15) is 5.75 Å². The summed E-state index contributed by atoms with van der Waals surface area (Å²) in [4.78, 5) is 12.4. The van der Waals surface area contributed by atoms with Gasteiger partial charge in [-0.1, -0.05) is 58.0 Å². The van der Waals surface area contributed by atoms with Crippen LogP contribution in [0.15, 0.2) is 48.5 Å². The SMILES string of the molecule is CCc1ccc(NC(=O)C(C)Oc2ccccc2C(C)(C)C)cc1. The molecule has 0 aliphatic heterocycles. The number of anilines is 1. The summed E-state index contributed by atoms with van der Waals surface area (Å²) in [5.74, 6) is 0.608. The van der Waals surface area contributed by atoms with Crippen LogP contribution in [0.3, 0.4) is 0 Å². The zero-order valence-corrected chi connectivity index (χ0v) is 15.2. The maximum absolute atomic E-state index is 12.4. The fourth-order valence-corrected chi connectivity index (χ4v) is 2.50. The van der Waals surface area contributed by atoms with E-state index in [1.54, 1.807) is 6.92 Å². The molecular weight excluding hydrogens is 298 g/mol. The molecule has 0 bridgehead atoms. The topological polar surface area (TPSA) is 38.3 Å². The number of ether oxygens (including phenoxy) is 1. The molecule has 2 rings (SSSR count). The fourth-order valence-electron chi connectivity index (χ4n) is 2.50. The van der Waals surface area contributed by atoms with E-state index in [1.807, 2.05) is 48.5 Å². The van der Waals surface area contributed by atoms with Crippen LogP contribution in [-0.2, 0) is 16.6 Å². The molecule has 0 radical (unpaired) electrons. The third kappa shape index (κ3) is 4.60. The van der Waals surface area contributed by atoms with Crippen molar-refractivity contribution < 1.29 is 9.53 Å². The molecule has 0 aromatic heterocycles. The van der Waals surface area contributed by atoms with Crippen LogP contribution >= 0.6 is 0 Å². The molecule has 0 aliphatic rings. The van der Waals surface area contributed by atoms with Crippen molar-refractivity contribution in [1.29, 1.82) is 0 Å². The second-order valence-corrected chi connectivity index (χ2v) is 7.05. The van der Waals surface area contributed by atoms with Crippen LogP contribution in [-0.4, -0.2) is 12.0 Å². The maximum Gasteiger partial charge on any atom is 0.265 e. The monoisotopic (exact) mass is 325 g/mol. The lowest BCUT2D eigenvalue weighted by atomic mass is 9.86. The lowest BCUT2D eigenvalue weighted by molar-refractivity contribution is -0.122. The van der Waals surface area contributed by atoms with E-state index in [2.05, 4.69) is 33.0 Å². The van der Waals surface area contributed by atoms with Crippen molar-refractivity contribution >= 4 is 11.6 Å². The van der Waals surface area contributed by atoms with Crippen molar-refractivity contribution in [1.82, 2.24) is 0 Å². The summed E-state index contributed by atoms with van der Waals surface area (Å²) in [6.45, 7) is 10.3.